The number of halogens is 1. The Morgan fingerprint density at radius 3 is 2.19 bits per heavy atom. The Hall–Kier alpha value is -2.25. The summed E-state index contributed by atoms with van der Waals surface area (Å²) in [7, 11) is -1.66. The van der Waals surface area contributed by atoms with E-state index in [0.717, 1.165) is 0 Å². The third kappa shape index (κ3) is 2.81. The summed E-state index contributed by atoms with van der Waals surface area (Å²) in [5.74, 6) is 0.567. The highest BCUT2D eigenvalue weighted by Gasteiger charge is 2.54. The zero-order valence-electron chi connectivity index (χ0n) is 14.0. The van der Waals surface area contributed by atoms with Gasteiger partial charge in [0.2, 0.25) is 0 Å². The summed E-state index contributed by atoms with van der Waals surface area (Å²) >= 11 is 6.07. The molecular formula is C18H17ClN2O4S. The van der Waals surface area contributed by atoms with Gasteiger partial charge in [-0.25, -0.2) is 13.2 Å². The second-order valence-electron chi connectivity index (χ2n) is 6.41. The molecule has 26 heavy (non-hydrogen) atoms. The number of carbonyl (C=O) groups is 1. The molecule has 0 aromatic heterocycles. The molecule has 0 bridgehead atoms. The molecule has 2 aromatic carbocycles. The van der Waals surface area contributed by atoms with Crippen molar-refractivity contribution in [3.63, 3.8) is 0 Å². The predicted molar refractivity (Wildman–Crippen MR) is 101 cm³/mol. The maximum atomic E-state index is 13.2. The number of sulfone groups is 1. The van der Waals surface area contributed by atoms with Crippen molar-refractivity contribution in [1.82, 2.24) is 0 Å². The Labute approximate surface area is 156 Å². The van der Waals surface area contributed by atoms with E-state index in [9.17, 15) is 13.2 Å². The van der Waals surface area contributed by atoms with Crippen LogP contribution in [0, 0.1) is 0 Å². The number of hydrogen-bond acceptors (Lipinski definition) is 4. The molecule has 0 saturated carbocycles. The number of carbonyl (C=O) groups excluding carboxylic acids is 1. The zero-order valence-corrected chi connectivity index (χ0v) is 15.6. The first-order chi connectivity index (χ1) is 12.4. The summed E-state index contributed by atoms with van der Waals surface area (Å²) < 4.78 is 29.7. The van der Waals surface area contributed by atoms with Crippen LogP contribution in [0.1, 0.15) is 0 Å². The number of methoxy groups -OCH3 is 1. The van der Waals surface area contributed by atoms with Crippen LogP contribution in [-0.4, -0.2) is 45.1 Å². The van der Waals surface area contributed by atoms with Crippen LogP contribution in [0.3, 0.4) is 0 Å². The summed E-state index contributed by atoms with van der Waals surface area (Å²) in [5.41, 5.74) is 1.25. The smallest absolute Gasteiger partial charge is 0.329 e. The van der Waals surface area contributed by atoms with E-state index in [1.165, 1.54) is 0 Å². The number of rotatable bonds is 3. The number of anilines is 2. The fourth-order valence-corrected chi connectivity index (χ4v) is 5.78. The molecule has 4 rings (SSSR count). The summed E-state index contributed by atoms with van der Waals surface area (Å²) in [5, 5.41) is 0.496. The van der Waals surface area contributed by atoms with Crippen molar-refractivity contribution in [3.8, 4) is 5.75 Å². The first-order valence-corrected chi connectivity index (χ1v) is 10.3. The number of benzene rings is 2. The second kappa shape index (κ2) is 6.17. The average molecular weight is 393 g/mol. The lowest BCUT2D eigenvalue weighted by Crippen LogP contribution is -2.37. The van der Waals surface area contributed by atoms with E-state index < -0.39 is 21.9 Å². The van der Waals surface area contributed by atoms with Crippen molar-refractivity contribution in [1.29, 1.82) is 0 Å². The molecule has 2 aliphatic heterocycles. The van der Waals surface area contributed by atoms with Gasteiger partial charge in [0.1, 0.15) is 5.75 Å². The SMILES string of the molecule is COc1ccc(N2C(=O)N(c3cccc(Cl)c3)C3CS(=O)(=O)CC32)cc1. The van der Waals surface area contributed by atoms with Crippen molar-refractivity contribution in [2.45, 2.75) is 12.1 Å². The molecule has 2 atom stereocenters. The number of nitrogens with zero attached hydrogens (tertiary/aromatic N) is 2. The molecule has 2 aromatic rings. The second-order valence-corrected chi connectivity index (χ2v) is 9.00. The van der Waals surface area contributed by atoms with Gasteiger partial charge in [-0.05, 0) is 42.5 Å². The van der Waals surface area contributed by atoms with Crippen LogP contribution in [0.15, 0.2) is 48.5 Å². The van der Waals surface area contributed by atoms with E-state index in [1.54, 1.807) is 65.4 Å². The minimum absolute atomic E-state index is 0.0491. The largest absolute Gasteiger partial charge is 0.497 e. The van der Waals surface area contributed by atoms with Gasteiger partial charge in [-0.3, -0.25) is 9.80 Å². The van der Waals surface area contributed by atoms with E-state index in [1.807, 2.05) is 0 Å². The van der Waals surface area contributed by atoms with Crippen LogP contribution in [0.2, 0.25) is 5.02 Å². The Morgan fingerprint density at radius 1 is 1.00 bits per heavy atom. The normalized spacial score (nSPS) is 24.0. The van der Waals surface area contributed by atoms with Crippen LogP contribution in [0.25, 0.3) is 0 Å². The Balaban J connectivity index is 1.78. The van der Waals surface area contributed by atoms with Crippen LogP contribution >= 0.6 is 11.6 Å². The number of urea groups is 1. The standard InChI is InChI=1S/C18H17ClN2O4S/c1-25-15-7-5-13(6-8-15)20-16-10-26(23,24)11-17(16)21(18(20)22)14-4-2-3-12(19)9-14/h2-9,16-17H,10-11H2,1H3. The molecule has 0 radical (unpaired) electrons. The van der Waals surface area contributed by atoms with Crippen LogP contribution in [0.4, 0.5) is 16.2 Å². The molecular weight excluding hydrogens is 376 g/mol. The van der Waals surface area contributed by atoms with E-state index in [4.69, 9.17) is 16.3 Å². The fourth-order valence-electron chi connectivity index (χ4n) is 3.68. The van der Waals surface area contributed by atoms with Gasteiger partial charge in [-0.15, -0.1) is 0 Å². The molecule has 2 aliphatic rings. The van der Waals surface area contributed by atoms with E-state index in [0.29, 0.717) is 22.1 Å². The molecule has 2 saturated heterocycles. The highest BCUT2D eigenvalue weighted by molar-refractivity contribution is 7.91. The van der Waals surface area contributed by atoms with E-state index in [2.05, 4.69) is 0 Å². The third-order valence-corrected chi connectivity index (χ3v) is 6.74. The monoisotopic (exact) mass is 392 g/mol. The lowest BCUT2D eigenvalue weighted by Gasteiger charge is -2.23. The molecule has 2 heterocycles. The fraction of sp³-hybridized carbons (Fsp3) is 0.278. The quantitative estimate of drug-likeness (QED) is 0.753. The van der Waals surface area contributed by atoms with Gasteiger partial charge in [-0.1, -0.05) is 17.7 Å². The summed E-state index contributed by atoms with van der Waals surface area (Å²) in [6.45, 7) is 0. The maximum Gasteiger partial charge on any atom is 0.329 e. The number of amides is 2. The van der Waals surface area contributed by atoms with Gasteiger partial charge in [0.15, 0.2) is 9.84 Å². The van der Waals surface area contributed by atoms with Gasteiger partial charge >= 0.3 is 6.03 Å². The van der Waals surface area contributed by atoms with Crippen molar-refractivity contribution >= 4 is 38.8 Å². The molecule has 0 spiro atoms. The minimum Gasteiger partial charge on any atom is -0.497 e. The lowest BCUT2D eigenvalue weighted by molar-refractivity contribution is 0.255. The first-order valence-electron chi connectivity index (χ1n) is 8.12. The molecule has 136 valence electrons. The van der Waals surface area contributed by atoms with Crippen molar-refractivity contribution in [2.24, 2.45) is 0 Å². The minimum atomic E-state index is -3.23. The van der Waals surface area contributed by atoms with Gasteiger partial charge in [0, 0.05) is 16.4 Å². The summed E-state index contributed by atoms with van der Waals surface area (Å²) in [4.78, 5) is 16.3. The highest BCUT2D eigenvalue weighted by Crippen LogP contribution is 2.38. The first kappa shape index (κ1) is 17.2. The Kier molecular flexibility index (Phi) is 4.08. The summed E-state index contributed by atoms with van der Waals surface area (Å²) in [6, 6.07) is 12.8. The highest BCUT2D eigenvalue weighted by atomic mass is 35.5. The molecule has 0 aliphatic carbocycles. The molecule has 6 nitrogen and oxygen atoms in total. The molecule has 2 unspecified atom stereocenters. The number of ether oxygens (including phenoxy) is 1. The molecule has 2 fully saturated rings. The van der Waals surface area contributed by atoms with Crippen LogP contribution in [-0.2, 0) is 9.84 Å². The number of hydrogen-bond donors (Lipinski definition) is 0. The van der Waals surface area contributed by atoms with Crippen molar-refractivity contribution in [3.05, 3.63) is 53.6 Å². The van der Waals surface area contributed by atoms with E-state index in [-0.39, 0.29) is 17.5 Å². The van der Waals surface area contributed by atoms with E-state index >= 15 is 0 Å². The van der Waals surface area contributed by atoms with Gasteiger partial charge in [0.25, 0.3) is 0 Å². The van der Waals surface area contributed by atoms with Gasteiger partial charge in [0.05, 0.1) is 30.7 Å². The van der Waals surface area contributed by atoms with Gasteiger partial charge in [-0.2, -0.15) is 0 Å². The zero-order chi connectivity index (χ0) is 18.5. The van der Waals surface area contributed by atoms with Gasteiger partial charge < -0.3 is 4.74 Å². The molecule has 0 N–H and O–H groups in total. The van der Waals surface area contributed by atoms with Crippen molar-refractivity contribution in [2.75, 3.05) is 28.4 Å². The average Bonchev–Trinajstić information content (AvgIpc) is 3.03. The molecule has 8 heteroatoms. The number of fused-ring (bicyclic) bond motifs is 1. The maximum absolute atomic E-state index is 13.2. The third-order valence-electron chi connectivity index (χ3n) is 4.81. The lowest BCUT2D eigenvalue weighted by atomic mass is 10.1. The predicted octanol–water partition coefficient (Wildman–Crippen LogP) is 2.96. The molecule has 2 amide bonds. The van der Waals surface area contributed by atoms with Crippen LogP contribution < -0.4 is 14.5 Å². The topological polar surface area (TPSA) is 66.9 Å². The Bertz CT molecular complexity index is 961. The van der Waals surface area contributed by atoms with Crippen molar-refractivity contribution < 1.29 is 17.9 Å². The van der Waals surface area contributed by atoms with Crippen LogP contribution in [0.5, 0.6) is 5.75 Å². The summed E-state index contributed by atoms with van der Waals surface area (Å²) in [6.07, 6.45) is 0. The Morgan fingerprint density at radius 2 is 1.62 bits per heavy atom.